The van der Waals surface area contributed by atoms with E-state index in [1.165, 1.54) is 0 Å². The minimum Gasteiger partial charge on any atom is -0.480 e. The van der Waals surface area contributed by atoms with Crippen molar-refractivity contribution >= 4 is 17.6 Å². The Balaban J connectivity index is 2.26. The number of hydrogen-bond acceptors (Lipinski definition) is 2. The fourth-order valence-electron chi connectivity index (χ4n) is 2.11. The SMILES string of the molecule is NC1(C(=O)O)CC(F)(c2ccccc2Cl)C1. The van der Waals surface area contributed by atoms with Crippen LogP contribution in [0.2, 0.25) is 5.02 Å². The molecule has 0 radical (unpaired) electrons. The van der Waals surface area contributed by atoms with Crippen molar-refractivity contribution in [2.75, 3.05) is 0 Å². The molecule has 1 fully saturated rings. The van der Waals surface area contributed by atoms with Crippen LogP contribution in [0.5, 0.6) is 0 Å². The second-order valence-corrected chi connectivity index (χ2v) is 4.67. The number of halogens is 2. The summed E-state index contributed by atoms with van der Waals surface area (Å²) in [4.78, 5) is 10.8. The first-order valence-corrected chi connectivity index (χ1v) is 5.21. The maximum Gasteiger partial charge on any atom is 0.323 e. The van der Waals surface area contributed by atoms with Gasteiger partial charge in [0, 0.05) is 23.4 Å². The average molecular weight is 244 g/mol. The molecule has 0 spiro atoms. The van der Waals surface area contributed by atoms with Gasteiger partial charge in [-0.1, -0.05) is 29.8 Å². The van der Waals surface area contributed by atoms with Crippen LogP contribution in [0.1, 0.15) is 18.4 Å². The van der Waals surface area contributed by atoms with Crippen molar-refractivity contribution in [1.82, 2.24) is 0 Å². The molecule has 2 rings (SSSR count). The van der Waals surface area contributed by atoms with E-state index in [1.54, 1.807) is 24.3 Å². The first kappa shape index (κ1) is 11.4. The summed E-state index contributed by atoms with van der Waals surface area (Å²) >= 11 is 5.87. The van der Waals surface area contributed by atoms with Crippen molar-refractivity contribution in [3.05, 3.63) is 34.9 Å². The molecule has 1 aromatic rings. The van der Waals surface area contributed by atoms with E-state index in [9.17, 15) is 9.18 Å². The highest BCUT2D eigenvalue weighted by Gasteiger charge is 2.59. The highest BCUT2D eigenvalue weighted by atomic mass is 35.5. The lowest BCUT2D eigenvalue weighted by atomic mass is 9.64. The third kappa shape index (κ3) is 1.58. The Morgan fingerprint density at radius 3 is 2.50 bits per heavy atom. The van der Waals surface area contributed by atoms with Crippen molar-refractivity contribution in [2.24, 2.45) is 5.73 Å². The van der Waals surface area contributed by atoms with Crippen molar-refractivity contribution < 1.29 is 14.3 Å². The molecule has 0 atom stereocenters. The Labute approximate surface area is 97.0 Å². The molecule has 1 saturated carbocycles. The van der Waals surface area contributed by atoms with Crippen LogP contribution in [0, 0.1) is 0 Å². The summed E-state index contributed by atoms with van der Waals surface area (Å²) in [6.45, 7) is 0. The van der Waals surface area contributed by atoms with Crippen LogP contribution < -0.4 is 5.73 Å². The number of rotatable bonds is 2. The molecule has 0 amide bonds. The van der Waals surface area contributed by atoms with Crippen molar-refractivity contribution in [3.8, 4) is 0 Å². The number of benzene rings is 1. The molecule has 0 bridgehead atoms. The third-order valence-corrected chi connectivity index (χ3v) is 3.30. The van der Waals surface area contributed by atoms with Gasteiger partial charge in [-0.2, -0.15) is 0 Å². The first-order chi connectivity index (χ1) is 7.37. The van der Waals surface area contributed by atoms with E-state index in [1.807, 2.05) is 0 Å². The molecule has 5 heteroatoms. The summed E-state index contributed by atoms with van der Waals surface area (Å²) in [7, 11) is 0. The molecule has 1 aliphatic carbocycles. The number of carbonyl (C=O) groups is 1. The van der Waals surface area contributed by atoms with Gasteiger partial charge in [0.05, 0.1) is 0 Å². The van der Waals surface area contributed by atoms with Gasteiger partial charge in [0.25, 0.3) is 0 Å². The Hall–Kier alpha value is -1.13. The fraction of sp³-hybridized carbons (Fsp3) is 0.364. The topological polar surface area (TPSA) is 63.3 Å². The summed E-state index contributed by atoms with van der Waals surface area (Å²) in [5.41, 5.74) is 2.66. The second kappa shape index (κ2) is 3.43. The molecule has 0 heterocycles. The van der Waals surface area contributed by atoms with Gasteiger partial charge in [-0.3, -0.25) is 4.79 Å². The van der Waals surface area contributed by atoms with E-state index >= 15 is 0 Å². The van der Waals surface area contributed by atoms with Crippen LogP contribution in [0.4, 0.5) is 4.39 Å². The Bertz CT molecular complexity index is 443. The molecular weight excluding hydrogens is 233 g/mol. The highest BCUT2D eigenvalue weighted by molar-refractivity contribution is 6.31. The van der Waals surface area contributed by atoms with Gasteiger partial charge in [0.15, 0.2) is 0 Å². The maximum atomic E-state index is 14.3. The smallest absolute Gasteiger partial charge is 0.323 e. The lowest BCUT2D eigenvalue weighted by Crippen LogP contribution is -2.63. The van der Waals surface area contributed by atoms with E-state index in [0.29, 0.717) is 10.6 Å². The van der Waals surface area contributed by atoms with Gasteiger partial charge < -0.3 is 10.8 Å². The van der Waals surface area contributed by atoms with E-state index < -0.39 is 17.2 Å². The number of alkyl halides is 1. The van der Waals surface area contributed by atoms with Gasteiger partial charge >= 0.3 is 5.97 Å². The summed E-state index contributed by atoms with van der Waals surface area (Å²) < 4.78 is 14.3. The predicted octanol–water partition coefficient (Wildman–Crippen LogP) is 2.08. The zero-order valence-electron chi connectivity index (χ0n) is 8.41. The predicted molar refractivity (Wildman–Crippen MR) is 58.0 cm³/mol. The first-order valence-electron chi connectivity index (χ1n) is 4.84. The van der Waals surface area contributed by atoms with E-state index in [2.05, 4.69) is 0 Å². The number of aliphatic carboxylic acids is 1. The summed E-state index contributed by atoms with van der Waals surface area (Å²) in [5.74, 6) is -1.17. The number of carboxylic acid groups (broad SMARTS) is 1. The molecule has 16 heavy (non-hydrogen) atoms. The molecule has 0 aromatic heterocycles. The monoisotopic (exact) mass is 243 g/mol. The van der Waals surface area contributed by atoms with Crippen LogP contribution in [-0.2, 0) is 10.5 Å². The summed E-state index contributed by atoms with van der Waals surface area (Å²) in [6.07, 6.45) is -0.474. The van der Waals surface area contributed by atoms with Gasteiger partial charge in [-0.25, -0.2) is 4.39 Å². The quantitative estimate of drug-likeness (QED) is 0.836. The minimum atomic E-state index is -1.72. The molecular formula is C11H11ClFNO2. The van der Waals surface area contributed by atoms with Gasteiger partial charge in [0.2, 0.25) is 0 Å². The van der Waals surface area contributed by atoms with Gasteiger partial charge in [-0.05, 0) is 6.07 Å². The fourth-order valence-corrected chi connectivity index (χ4v) is 2.42. The Kier molecular flexibility index (Phi) is 2.44. The highest BCUT2D eigenvalue weighted by Crippen LogP contribution is 2.52. The Morgan fingerprint density at radius 1 is 1.44 bits per heavy atom. The minimum absolute atomic E-state index is 0.237. The third-order valence-electron chi connectivity index (χ3n) is 2.97. The molecule has 1 aromatic carbocycles. The van der Waals surface area contributed by atoms with Gasteiger partial charge in [-0.15, -0.1) is 0 Å². The maximum absolute atomic E-state index is 14.3. The van der Waals surface area contributed by atoms with Crippen LogP contribution >= 0.6 is 11.6 Å². The zero-order valence-corrected chi connectivity index (χ0v) is 9.17. The van der Waals surface area contributed by atoms with Crippen molar-refractivity contribution in [3.63, 3.8) is 0 Å². The molecule has 0 aliphatic heterocycles. The molecule has 1 aliphatic rings. The summed E-state index contributed by atoms with van der Waals surface area (Å²) in [5, 5.41) is 9.12. The number of nitrogens with two attached hydrogens (primary N) is 1. The molecule has 86 valence electrons. The normalized spacial score (nSPS) is 33.2. The largest absolute Gasteiger partial charge is 0.480 e. The molecule has 3 N–H and O–H groups in total. The molecule has 0 unspecified atom stereocenters. The van der Waals surface area contributed by atoms with E-state index in [4.69, 9.17) is 22.4 Å². The van der Waals surface area contributed by atoms with E-state index in [-0.39, 0.29) is 12.8 Å². The molecule has 0 saturated heterocycles. The average Bonchev–Trinajstić information content (AvgIpc) is 2.15. The number of hydrogen-bond donors (Lipinski definition) is 2. The van der Waals surface area contributed by atoms with Crippen molar-refractivity contribution in [2.45, 2.75) is 24.0 Å². The summed E-state index contributed by atoms with van der Waals surface area (Å²) in [6, 6.07) is 6.50. The lowest BCUT2D eigenvalue weighted by molar-refractivity contribution is -0.155. The Morgan fingerprint density at radius 2 is 2.00 bits per heavy atom. The standard InChI is InChI=1S/C11H11ClFNO2/c12-8-4-2-1-3-7(8)10(13)5-11(14,6-10)9(15)16/h1-4H,5-6,14H2,(H,15,16). The van der Waals surface area contributed by atoms with Crippen molar-refractivity contribution in [1.29, 1.82) is 0 Å². The zero-order chi connectivity index (χ0) is 12.0. The second-order valence-electron chi connectivity index (χ2n) is 4.26. The number of carboxylic acids is 1. The molecule has 3 nitrogen and oxygen atoms in total. The van der Waals surface area contributed by atoms with Crippen LogP contribution in [-0.4, -0.2) is 16.6 Å². The van der Waals surface area contributed by atoms with Gasteiger partial charge in [0.1, 0.15) is 11.2 Å². The van der Waals surface area contributed by atoms with Crippen LogP contribution in [0.15, 0.2) is 24.3 Å². The van der Waals surface area contributed by atoms with Crippen LogP contribution in [0.25, 0.3) is 0 Å². The van der Waals surface area contributed by atoms with E-state index in [0.717, 1.165) is 0 Å². The van der Waals surface area contributed by atoms with Crippen LogP contribution in [0.3, 0.4) is 0 Å². The lowest BCUT2D eigenvalue weighted by Gasteiger charge is -2.46.